The van der Waals surface area contributed by atoms with Crippen molar-refractivity contribution in [1.29, 1.82) is 0 Å². The molecule has 0 spiro atoms. The summed E-state index contributed by atoms with van der Waals surface area (Å²) in [7, 11) is 3.69. The molecule has 0 bridgehead atoms. The number of likely N-dealkylation sites (tertiary alicyclic amines) is 1. The molecule has 0 aromatic rings. The van der Waals surface area contributed by atoms with Crippen molar-refractivity contribution in [3.8, 4) is 0 Å². The number of hydrogen-bond acceptors (Lipinski definition) is 3. The molecule has 2 N–H and O–H groups in total. The average Bonchev–Trinajstić information content (AvgIpc) is 2.08. The van der Waals surface area contributed by atoms with Gasteiger partial charge in [0.1, 0.15) is 0 Å². The van der Waals surface area contributed by atoms with E-state index in [4.69, 9.17) is 10.5 Å². The lowest BCUT2D eigenvalue weighted by molar-refractivity contribution is -0.153. The molecular weight excluding hydrogens is 192 g/mol. The molecule has 88 valence electrons. The first-order valence-electron chi connectivity index (χ1n) is 5.33. The Kier molecular flexibility index (Phi) is 3.41. The number of ether oxygens (including phenoxy) is 1. The molecule has 1 aliphatic rings. The topological polar surface area (TPSA) is 55.6 Å². The molecule has 15 heavy (non-hydrogen) atoms. The van der Waals surface area contributed by atoms with Crippen molar-refractivity contribution in [1.82, 2.24) is 4.90 Å². The molecule has 0 aliphatic carbocycles. The lowest BCUT2D eigenvalue weighted by Crippen LogP contribution is -2.67. The summed E-state index contributed by atoms with van der Waals surface area (Å²) < 4.78 is 5.08. The van der Waals surface area contributed by atoms with Crippen LogP contribution in [-0.2, 0) is 9.53 Å². The van der Waals surface area contributed by atoms with Gasteiger partial charge in [0.05, 0.1) is 5.41 Å². The van der Waals surface area contributed by atoms with Gasteiger partial charge in [0.2, 0.25) is 5.91 Å². The van der Waals surface area contributed by atoms with Crippen molar-refractivity contribution in [3.05, 3.63) is 0 Å². The molecule has 0 aromatic carbocycles. The molecule has 1 heterocycles. The van der Waals surface area contributed by atoms with Gasteiger partial charge in [0.25, 0.3) is 0 Å². The predicted octanol–water partition coefficient (Wildman–Crippen LogP) is 0.466. The molecule has 1 amide bonds. The van der Waals surface area contributed by atoms with E-state index >= 15 is 0 Å². The van der Waals surface area contributed by atoms with Crippen LogP contribution in [0.2, 0.25) is 0 Å². The third-order valence-corrected chi connectivity index (χ3v) is 3.78. The van der Waals surface area contributed by atoms with Gasteiger partial charge in [-0.3, -0.25) is 4.79 Å². The number of methoxy groups -OCH3 is 1. The zero-order valence-corrected chi connectivity index (χ0v) is 10.2. The quantitative estimate of drug-likeness (QED) is 0.723. The van der Waals surface area contributed by atoms with Crippen LogP contribution >= 0.6 is 0 Å². The van der Waals surface area contributed by atoms with Crippen molar-refractivity contribution >= 4 is 5.91 Å². The van der Waals surface area contributed by atoms with E-state index in [1.165, 1.54) is 0 Å². The van der Waals surface area contributed by atoms with E-state index in [1.54, 1.807) is 7.11 Å². The third kappa shape index (κ3) is 2.01. The SMILES string of the molecule is COCCC(C)(C)C1(C(N)=O)CN(C)C1. The van der Waals surface area contributed by atoms with Gasteiger partial charge in [0.15, 0.2) is 0 Å². The maximum absolute atomic E-state index is 11.6. The van der Waals surface area contributed by atoms with Gasteiger partial charge in [0, 0.05) is 26.8 Å². The van der Waals surface area contributed by atoms with E-state index in [0.29, 0.717) is 6.61 Å². The summed E-state index contributed by atoms with van der Waals surface area (Å²) >= 11 is 0. The average molecular weight is 214 g/mol. The highest BCUT2D eigenvalue weighted by atomic mass is 16.5. The Morgan fingerprint density at radius 2 is 2.07 bits per heavy atom. The molecule has 1 saturated heterocycles. The fourth-order valence-electron chi connectivity index (χ4n) is 2.39. The summed E-state index contributed by atoms with van der Waals surface area (Å²) in [6.45, 7) is 6.40. The standard InChI is InChI=1S/C11H22N2O2/c1-10(2,5-6-15-4)11(9(12)14)7-13(3)8-11/h5-8H2,1-4H3,(H2,12,14). The Labute approximate surface area is 91.8 Å². The summed E-state index contributed by atoms with van der Waals surface area (Å²) in [5.41, 5.74) is 5.08. The molecule has 0 radical (unpaired) electrons. The molecule has 4 heteroatoms. The molecule has 0 aromatic heterocycles. The fourth-order valence-corrected chi connectivity index (χ4v) is 2.39. The second kappa shape index (κ2) is 4.10. The van der Waals surface area contributed by atoms with Crippen LogP contribution in [0.4, 0.5) is 0 Å². The Morgan fingerprint density at radius 1 is 1.53 bits per heavy atom. The monoisotopic (exact) mass is 214 g/mol. The van der Waals surface area contributed by atoms with Gasteiger partial charge in [-0.1, -0.05) is 13.8 Å². The van der Waals surface area contributed by atoms with Gasteiger partial charge in [-0.2, -0.15) is 0 Å². The lowest BCUT2D eigenvalue weighted by Gasteiger charge is -2.55. The van der Waals surface area contributed by atoms with Crippen molar-refractivity contribution in [2.75, 3.05) is 33.9 Å². The summed E-state index contributed by atoms with van der Waals surface area (Å²) in [4.78, 5) is 13.7. The number of rotatable bonds is 5. The first kappa shape index (κ1) is 12.5. The fraction of sp³-hybridized carbons (Fsp3) is 0.909. The van der Waals surface area contributed by atoms with Gasteiger partial charge in [-0.15, -0.1) is 0 Å². The van der Waals surface area contributed by atoms with Crippen LogP contribution in [-0.4, -0.2) is 44.7 Å². The highest BCUT2D eigenvalue weighted by molar-refractivity contribution is 5.83. The Morgan fingerprint density at radius 3 is 2.40 bits per heavy atom. The van der Waals surface area contributed by atoms with Crippen LogP contribution in [0.3, 0.4) is 0 Å². The maximum atomic E-state index is 11.6. The van der Waals surface area contributed by atoms with E-state index < -0.39 is 0 Å². The molecule has 4 nitrogen and oxygen atoms in total. The zero-order chi connectivity index (χ0) is 11.7. The van der Waals surface area contributed by atoms with Gasteiger partial charge in [-0.25, -0.2) is 0 Å². The molecule has 0 atom stereocenters. The number of nitrogens with two attached hydrogens (primary N) is 1. The van der Waals surface area contributed by atoms with E-state index in [2.05, 4.69) is 18.7 Å². The third-order valence-electron chi connectivity index (χ3n) is 3.78. The van der Waals surface area contributed by atoms with Crippen molar-refractivity contribution in [2.24, 2.45) is 16.6 Å². The zero-order valence-electron chi connectivity index (χ0n) is 10.2. The Bertz CT molecular complexity index is 245. The van der Waals surface area contributed by atoms with E-state index in [9.17, 15) is 4.79 Å². The number of hydrogen-bond donors (Lipinski definition) is 1. The minimum absolute atomic E-state index is 0.0959. The van der Waals surface area contributed by atoms with Crippen LogP contribution in [0.15, 0.2) is 0 Å². The van der Waals surface area contributed by atoms with Crippen LogP contribution in [0.25, 0.3) is 0 Å². The van der Waals surface area contributed by atoms with E-state index in [-0.39, 0.29) is 16.7 Å². The second-order valence-corrected chi connectivity index (χ2v) is 5.25. The summed E-state index contributed by atoms with van der Waals surface area (Å²) in [6, 6.07) is 0. The first-order chi connectivity index (χ1) is 6.85. The molecule has 1 aliphatic heterocycles. The normalized spacial score (nSPS) is 21.1. The van der Waals surface area contributed by atoms with Crippen molar-refractivity contribution < 1.29 is 9.53 Å². The summed E-state index contributed by atoms with van der Waals surface area (Å²) in [5, 5.41) is 0. The second-order valence-electron chi connectivity index (χ2n) is 5.25. The van der Waals surface area contributed by atoms with Crippen molar-refractivity contribution in [2.45, 2.75) is 20.3 Å². The minimum Gasteiger partial charge on any atom is -0.385 e. The van der Waals surface area contributed by atoms with E-state index in [1.807, 2.05) is 7.05 Å². The number of carbonyl (C=O) groups is 1. The first-order valence-corrected chi connectivity index (χ1v) is 5.33. The predicted molar refractivity (Wildman–Crippen MR) is 59.4 cm³/mol. The smallest absolute Gasteiger partial charge is 0.226 e. The van der Waals surface area contributed by atoms with Gasteiger partial charge < -0.3 is 15.4 Å². The van der Waals surface area contributed by atoms with Crippen LogP contribution < -0.4 is 5.73 Å². The van der Waals surface area contributed by atoms with Crippen LogP contribution in [0, 0.1) is 10.8 Å². The number of primary amides is 1. The summed E-state index contributed by atoms with van der Waals surface area (Å²) in [6.07, 6.45) is 0.861. The molecule has 0 saturated carbocycles. The number of nitrogens with zero attached hydrogens (tertiary/aromatic N) is 1. The number of carbonyl (C=O) groups excluding carboxylic acids is 1. The van der Waals surface area contributed by atoms with Crippen LogP contribution in [0.1, 0.15) is 20.3 Å². The number of amides is 1. The largest absolute Gasteiger partial charge is 0.385 e. The van der Waals surface area contributed by atoms with Crippen molar-refractivity contribution in [3.63, 3.8) is 0 Å². The molecular formula is C11H22N2O2. The minimum atomic E-state index is -0.375. The lowest BCUT2D eigenvalue weighted by atomic mass is 9.59. The van der Waals surface area contributed by atoms with E-state index in [0.717, 1.165) is 19.5 Å². The highest BCUT2D eigenvalue weighted by Gasteiger charge is 2.56. The molecule has 0 unspecified atom stereocenters. The highest BCUT2D eigenvalue weighted by Crippen LogP contribution is 2.47. The Hall–Kier alpha value is -0.610. The Balaban J connectivity index is 2.76. The molecule has 1 fully saturated rings. The van der Waals surface area contributed by atoms with Gasteiger partial charge in [-0.05, 0) is 18.9 Å². The van der Waals surface area contributed by atoms with Gasteiger partial charge >= 0.3 is 0 Å². The molecule has 1 rings (SSSR count). The maximum Gasteiger partial charge on any atom is 0.226 e. The van der Waals surface area contributed by atoms with Crippen LogP contribution in [0.5, 0.6) is 0 Å². The summed E-state index contributed by atoms with van der Waals surface area (Å²) in [5.74, 6) is -0.179.